The van der Waals surface area contributed by atoms with E-state index in [9.17, 15) is 4.79 Å². The van der Waals surface area contributed by atoms with Crippen molar-refractivity contribution in [1.82, 2.24) is 29.1 Å². The molecule has 33 heavy (non-hydrogen) atoms. The molecule has 10 heteroatoms. The van der Waals surface area contributed by atoms with Crippen molar-refractivity contribution in [3.63, 3.8) is 0 Å². The van der Waals surface area contributed by atoms with Crippen LogP contribution < -0.4 is 21.5 Å². The maximum absolute atomic E-state index is 13.5. The monoisotopic (exact) mass is 445 g/mol. The Kier molecular flexibility index (Phi) is 5.74. The molecule has 4 heterocycles. The molecule has 1 aliphatic rings. The molecule has 10 nitrogen and oxygen atoms in total. The maximum atomic E-state index is 13.5. The number of rotatable bonds is 6. The van der Waals surface area contributed by atoms with Crippen LogP contribution in [0.25, 0.3) is 11.2 Å². The van der Waals surface area contributed by atoms with Crippen molar-refractivity contribution in [3.8, 4) is 0 Å². The van der Waals surface area contributed by atoms with Crippen molar-refractivity contribution >= 4 is 23.1 Å². The van der Waals surface area contributed by atoms with Crippen LogP contribution in [0.1, 0.15) is 24.1 Å². The Bertz CT molecular complexity index is 1300. The molecule has 5 rings (SSSR count). The van der Waals surface area contributed by atoms with Crippen LogP contribution in [0.5, 0.6) is 0 Å². The second-order valence-electron chi connectivity index (χ2n) is 8.35. The number of nitrogens with two attached hydrogens (primary N) is 1. The molecule has 0 aliphatic carbocycles. The van der Waals surface area contributed by atoms with Gasteiger partial charge in [-0.25, -0.2) is 0 Å². The van der Waals surface area contributed by atoms with E-state index < -0.39 is 0 Å². The van der Waals surface area contributed by atoms with E-state index in [-0.39, 0.29) is 11.6 Å². The van der Waals surface area contributed by atoms with Gasteiger partial charge in [0.1, 0.15) is 0 Å². The second kappa shape index (κ2) is 8.99. The average molecular weight is 446 g/mol. The van der Waals surface area contributed by atoms with Gasteiger partial charge in [0.05, 0.1) is 25.0 Å². The smallest absolute Gasteiger partial charge is 0.281 e. The molecule has 0 spiro atoms. The molecule has 0 saturated carbocycles. The molecule has 3 aromatic heterocycles. The summed E-state index contributed by atoms with van der Waals surface area (Å²) in [4.78, 5) is 33.5. The number of nitrogens with one attached hydrogen (secondary N) is 1. The summed E-state index contributed by atoms with van der Waals surface area (Å²) in [5.74, 6) is 1.17. The van der Waals surface area contributed by atoms with Crippen LogP contribution in [0.2, 0.25) is 0 Å². The molecule has 1 unspecified atom stereocenters. The highest BCUT2D eigenvalue weighted by molar-refractivity contribution is 5.75. The van der Waals surface area contributed by atoms with Crippen molar-refractivity contribution in [3.05, 3.63) is 70.5 Å². The molecule has 3 N–H and O–H groups in total. The van der Waals surface area contributed by atoms with E-state index >= 15 is 0 Å². The van der Waals surface area contributed by atoms with Crippen molar-refractivity contribution in [2.75, 3.05) is 23.3 Å². The number of nitrogens with zero attached hydrogens (tertiary/aromatic N) is 7. The van der Waals surface area contributed by atoms with Crippen molar-refractivity contribution in [2.24, 2.45) is 12.8 Å². The zero-order valence-electron chi connectivity index (χ0n) is 18.6. The minimum absolute atomic E-state index is 0.0868. The SMILES string of the molecule is Cn1c(NCc2cnccn2)nc2nc(N3CCCC(N)C3)n(Cc3ccccc3)c2c1=O. The second-order valence-corrected chi connectivity index (χ2v) is 8.35. The van der Waals surface area contributed by atoms with Gasteiger partial charge in [-0.2, -0.15) is 9.97 Å². The fraction of sp³-hybridized carbons (Fsp3) is 0.348. The summed E-state index contributed by atoms with van der Waals surface area (Å²) in [7, 11) is 1.71. The van der Waals surface area contributed by atoms with E-state index in [1.165, 1.54) is 4.57 Å². The third-order valence-electron chi connectivity index (χ3n) is 5.93. The number of fused-ring (bicyclic) bond motifs is 1. The molecule has 4 aromatic rings. The minimum atomic E-state index is -0.155. The lowest BCUT2D eigenvalue weighted by Crippen LogP contribution is -2.44. The Balaban J connectivity index is 1.58. The van der Waals surface area contributed by atoms with Gasteiger partial charge in [-0.3, -0.25) is 23.9 Å². The highest BCUT2D eigenvalue weighted by Crippen LogP contribution is 2.24. The lowest BCUT2D eigenvalue weighted by atomic mass is 10.1. The van der Waals surface area contributed by atoms with Gasteiger partial charge in [0, 0.05) is 38.6 Å². The summed E-state index contributed by atoms with van der Waals surface area (Å²) in [5, 5.41) is 3.19. The number of benzene rings is 1. The Morgan fingerprint density at radius 1 is 1.18 bits per heavy atom. The van der Waals surface area contributed by atoms with Crippen LogP contribution in [0.3, 0.4) is 0 Å². The van der Waals surface area contributed by atoms with Crippen molar-refractivity contribution < 1.29 is 0 Å². The summed E-state index contributed by atoms with van der Waals surface area (Å²) >= 11 is 0. The van der Waals surface area contributed by atoms with E-state index in [0.717, 1.165) is 36.6 Å². The van der Waals surface area contributed by atoms with E-state index in [1.54, 1.807) is 25.6 Å². The zero-order valence-corrected chi connectivity index (χ0v) is 18.6. The van der Waals surface area contributed by atoms with Gasteiger partial charge < -0.3 is 16.0 Å². The molecule has 1 fully saturated rings. The summed E-state index contributed by atoms with van der Waals surface area (Å²) in [6, 6.07) is 10.2. The summed E-state index contributed by atoms with van der Waals surface area (Å²) < 4.78 is 3.50. The van der Waals surface area contributed by atoms with Crippen LogP contribution >= 0.6 is 0 Å². The van der Waals surface area contributed by atoms with Crippen LogP contribution in [-0.2, 0) is 20.1 Å². The average Bonchev–Trinajstić information content (AvgIpc) is 3.20. The first-order valence-corrected chi connectivity index (χ1v) is 11.1. The third kappa shape index (κ3) is 4.29. The first kappa shape index (κ1) is 21.1. The molecule has 1 atom stereocenters. The van der Waals surface area contributed by atoms with Crippen LogP contribution in [0, 0.1) is 0 Å². The minimum Gasteiger partial charge on any atom is -0.350 e. The van der Waals surface area contributed by atoms with Crippen LogP contribution in [-0.4, -0.2) is 48.2 Å². The topological polar surface area (TPSA) is 120 Å². The van der Waals surface area contributed by atoms with Gasteiger partial charge >= 0.3 is 0 Å². The molecular formula is C23H27N9O. The number of aromatic nitrogens is 6. The highest BCUT2D eigenvalue weighted by atomic mass is 16.1. The largest absolute Gasteiger partial charge is 0.350 e. The highest BCUT2D eigenvalue weighted by Gasteiger charge is 2.25. The lowest BCUT2D eigenvalue weighted by Gasteiger charge is -2.31. The zero-order chi connectivity index (χ0) is 22.8. The van der Waals surface area contributed by atoms with Crippen molar-refractivity contribution in [1.29, 1.82) is 0 Å². The molecule has 0 amide bonds. The molecular weight excluding hydrogens is 418 g/mol. The van der Waals surface area contributed by atoms with E-state index in [2.05, 4.69) is 20.2 Å². The molecule has 1 saturated heterocycles. The summed E-state index contributed by atoms with van der Waals surface area (Å²) in [5.41, 5.74) is 8.85. The molecule has 0 bridgehead atoms. The number of imidazole rings is 1. The molecule has 1 aliphatic heterocycles. The van der Waals surface area contributed by atoms with Crippen LogP contribution in [0.4, 0.5) is 11.9 Å². The van der Waals surface area contributed by atoms with Crippen molar-refractivity contribution in [2.45, 2.75) is 32.0 Å². The number of hydrogen-bond donors (Lipinski definition) is 2. The quantitative estimate of drug-likeness (QED) is 0.458. The summed E-state index contributed by atoms with van der Waals surface area (Å²) in [6.07, 6.45) is 6.92. The Hall–Kier alpha value is -3.79. The Morgan fingerprint density at radius 2 is 2.03 bits per heavy atom. The fourth-order valence-electron chi connectivity index (χ4n) is 4.25. The molecule has 0 radical (unpaired) electrons. The molecule has 170 valence electrons. The number of piperidine rings is 1. The first-order chi connectivity index (χ1) is 16.1. The van der Waals surface area contributed by atoms with Gasteiger partial charge in [0.15, 0.2) is 11.2 Å². The third-order valence-corrected chi connectivity index (χ3v) is 5.93. The summed E-state index contributed by atoms with van der Waals surface area (Å²) in [6.45, 7) is 2.49. The van der Waals surface area contributed by atoms with Gasteiger partial charge in [-0.15, -0.1) is 0 Å². The number of hydrogen-bond acceptors (Lipinski definition) is 8. The van der Waals surface area contributed by atoms with Crippen LogP contribution in [0.15, 0.2) is 53.7 Å². The first-order valence-electron chi connectivity index (χ1n) is 11.1. The Labute approximate surface area is 191 Å². The van der Waals surface area contributed by atoms with Gasteiger partial charge in [-0.1, -0.05) is 30.3 Å². The van der Waals surface area contributed by atoms with E-state index in [0.29, 0.717) is 36.7 Å². The maximum Gasteiger partial charge on any atom is 0.281 e. The van der Waals surface area contributed by atoms with Gasteiger partial charge in [-0.05, 0) is 18.4 Å². The standard InChI is InChI=1S/C23H27N9O/c1-30-21(33)19-20(28-22(30)27-13-18-12-25-9-10-26-18)29-23(31-11-5-8-17(24)15-31)32(19)14-16-6-3-2-4-7-16/h2-4,6-7,9-10,12,17H,5,8,11,13-15,24H2,1H3,(H,27,28). The predicted molar refractivity (Wildman–Crippen MR) is 127 cm³/mol. The van der Waals surface area contributed by atoms with E-state index in [4.69, 9.17) is 15.7 Å². The predicted octanol–water partition coefficient (Wildman–Crippen LogP) is 1.51. The van der Waals surface area contributed by atoms with E-state index in [1.807, 2.05) is 34.9 Å². The normalized spacial score (nSPS) is 16.3. The lowest BCUT2D eigenvalue weighted by molar-refractivity contribution is 0.495. The fourth-order valence-corrected chi connectivity index (χ4v) is 4.25. The van der Waals surface area contributed by atoms with Gasteiger partial charge in [0.2, 0.25) is 11.9 Å². The number of anilines is 2. The van der Waals surface area contributed by atoms with Gasteiger partial charge in [0.25, 0.3) is 5.56 Å². The molecule has 1 aromatic carbocycles. The Morgan fingerprint density at radius 3 is 2.79 bits per heavy atom.